The van der Waals surface area contributed by atoms with E-state index in [1.54, 1.807) is 29.5 Å². The molecule has 0 aliphatic carbocycles. The van der Waals surface area contributed by atoms with Crippen LogP contribution in [0.4, 0.5) is 11.4 Å². The lowest BCUT2D eigenvalue weighted by Crippen LogP contribution is -1.99. The van der Waals surface area contributed by atoms with Gasteiger partial charge in [-0.1, -0.05) is 30.3 Å². The van der Waals surface area contributed by atoms with Crippen LogP contribution in [0, 0.1) is 11.7 Å². The summed E-state index contributed by atoms with van der Waals surface area (Å²) in [5.74, 6) is -0.167. The number of azo groups is 1. The van der Waals surface area contributed by atoms with Crippen molar-refractivity contribution in [2.45, 2.75) is 5.75 Å². The van der Waals surface area contributed by atoms with Gasteiger partial charge >= 0.3 is 0 Å². The van der Waals surface area contributed by atoms with Gasteiger partial charge in [0.15, 0.2) is 0 Å². The molecule has 20 heavy (non-hydrogen) atoms. The van der Waals surface area contributed by atoms with Gasteiger partial charge in [0, 0.05) is 5.25 Å². The summed E-state index contributed by atoms with van der Waals surface area (Å²) in [5.41, 5.74) is 2.03. The predicted octanol–water partition coefficient (Wildman–Crippen LogP) is 3.61. The van der Waals surface area contributed by atoms with Gasteiger partial charge in [0.05, 0.1) is 17.1 Å². The number of hydrogen-bond acceptors (Lipinski definition) is 4. The third-order valence-corrected chi connectivity index (χ3v) is 3.58. The molecule has 0 bridgehead atoms. The maximum Gasteiger partial charge on any atom is 0.220 e. The molecule has 0 aromatic heterocycles. The predicted molar refractivity (Wildman–Crippen MR) is 78.5 cm³/mol. The molecule has 0 radical (unpaired) electrons. The van der Waals surface area contributed by atoms with Gasteiger partial charge in [-0.05, 0) is 29.8 Å². The molecule has 0 spiro atoms. The Balaban J connectivity index is 2.10. The fourth-order valence-corrected chi connectivity index (χ4v) is 2.24. The van der Waals surface area contributed by atoms with Crippen LogP contribution >= 0.6 is 0 Å². The minimum absolute atomic E-state index is 0.167. The second-order valence-electron chi connectivity index (χ2n) is 4.08. The van der Waals surface area contributed by atoms with Crippen LogP contribution in [-0.2, 0) is 15.6 Å². The molecule has 0 heterocycles. The van der Waals surface area contributed by atoms with E-state index in [0.29, 0.717) is 11.3 Å². The highest BCUT2D eigenvalue weighted by Crippen LogP contribution is 2.19. The summed E-state index contributed by atoms with van der Waals surface area (Å²) in [7, 11) is -3.47. The molecule has 0 saturated heterocycles. The SMILES string of the molecule is C#CS(=O)(=O)Cc1ccc(N=Nc2ccccc2)cc1. The van der Waals surface area contributed by atoms with Crippen LogP contribution in [0.15, 0.2) is 64.8 Å². The number of sulfone groups is 1. The van der Waals surface area contributed by atoms with E-state index in [9.17, 15) is 8.42 Å². The van der Waals surface area contributed by atoms with Crippen molar-refractivity contribution in [1.29, 1.82) is 0 Å². The summed E-state index contributed by atoms with van der Waals surface area (Å²) in [6.45, 7) is 0. The first-order chi connectivity index (χ1) is 9.59. The molecule has 5 heteroatoms. The molecule has 0 amide bonds. The molecule has 0 N–H and O–H groups in total. The summed E-state index contributed by atoms with van der Waals surface area (Å²) in [4.78, 5) is 0. The lowest BCUT2D eigenvalue weighted by molar-refractivity contribution is 0.605. The summed E-state index contributed by atoms with van der Waals surface area (Å²) in [6.07, 6.45) is 4.92. The number of hydrogen-bond donors (Lipinski definition) is 0. The van der Waals surface area contributed by atoms with Crippen LogP contribution < -0.4 is 0 Å². The van der Waals surface area contributed by atoms with Crippen molar-refractivity contribution in [3.05, 3.63) is 60.2 Å². The molecule has 0 aliphatic rings. The summed E-state index contributed by atoms with van der Waals surface area (Å²) in [6, 6.07) is 16.1. The van der Waals surface area contributed by atoms with Gasteiger partial charge in [0.1, 0.15) is 0 Å². The lowest BCUT2D eigenvalue weighted by Gasteiger charge is -1.99. The van der Waals surface area contributed by atoms with Crippen molar-refractivity contribution >= 4 is 21.2 Å². The average molecular weight is 284 g/mol. The zero-order valence-corrected chi connectivity index (χ0v) is 11.4. The maximum atomic E-state index is 11.3. The number of terminal acetylenes is 1. The van der Waals surface area contributed by atoms with E-state index in [2.05, 4.69) is 10.2 Å². The van der Waals surface area contributed by atoms with Crippen molar-refractivity contribution in [2.75, 3.05) is 0 Å². The maximum absolute atomic E-state index is 11.3. The van der Waals surface area contributed by atoms with Crippen molar-refractivity contribution in [3.8, 4) is 11.7 Å². The van der Waals surface area contributed by atoms with Crippen LogP contribution in [0.3, 0.4) is 0 Å². The minimum Gasteiger partial charge on any atom is -0.215 e. The zero-order valence-electron chi connectivity index (χ0n) is 10.6. The Morgan fingerprint density at radius 2 is 1.45 bits per heavy atom. The third-order valence-electron chi connectivity index (χ3n) is 2.51. The fourth-order valence-electron chi connectivity index (χ4n) is 1.53. The Morgan fingerprint density at radius 1 is 0.900 bits per heavy atom. The monoisotopic (exact) mass is 284 g/mol. The standard InChI is InChI=1S/C15H12N2O2S/c1-2-20(18,19)12-13-8-10-15(11-9-13)17-16-14-6-4-3-5-7-14/h1,3-11H,12H2. The van der Waals surface area contributed by atoms with Crippen LogP contribution in [0.25, 0.3) is 0 Å². The smallest absolute Gasteiger partial charge is 0.215 e. The van der Waals surface area contributed by atoms with E-state index >= 15 is 0 Å². The average Bonchev–Trinajstić information content (AvgIpc) is 2.47. The first kappa shape index (κ1) is 14.0. The zero-order chi connectivity index (χ0) is 14.4. The van der Waals surface area contributed by atoms with Gasteiger partial charge in [-0.3, -0.25) is 0 Å². The molecule has 100 valence electrons. The highest BCUT2D eigenvalue weighted by molar-refractivity contribution is 7.95. The Labute approximate surface area is 118 Å². The van der Waals surface area contributed by atoms with E-state index in [1.807, 2.05) is 30.3 Å². The number of nitrogens with zero attached hydrogens (tertiary/aromatic N) is 2. The van der Waals surface area contributed by atoms with Crippen LogP contribution in [-0.4, -0.2) is 8.42 Å². The molecule has 2 rings (SSSR count). The van der Waals surface area contributed by atoms with Crippen molar-refractivity contribution < 1.29 is 8.42 Å². The van der Waals surface area contributed by atoms with Crippen LogP contribution in [0.1, 0.15) is 5.56 Å². The Hall–Kier alpha value is -2.45. The first-order valence-corrected chi connectivity index (χ1v) is 7.50. The van der Waals surface area contributed by atoms with E-state index in [-0.39, 0.29) is 5.75 Å². The van der Waals surface area contributed by atoms with E-state index in [0.717, 1.165) is 5.69 Å². The molecule has 2 aromatic carbocycles. The van der Waals surface area contributed by atoms with E-state index < -0.39 is 9.84 Å². The molecule has 0 atom stereocenters. The molecule has 0 unspecified atom stereocenters. The van der Waals surface area contributed by atoms with Crippen molar-refractivity contribution in [1.82, 2.24) is 0 Å². The Bertz CT molecular complexity index is 743. The molecule has 0 saturated carbocycles. The van der Waals surface area contributed by atoms with Gasteiger partial charge in [-0.2, -0.15) is 10.2 Å². The first-order valence-electron chi connectivity index (χ1n) is 5.85. The van der Waals surface area contributed by atoms with E-state index in [4.69, 9.17) is 6.42 Å². The molecular formula is C15H12N2O2S. The van der Waals surface area contributed by atoms with Crippen LogP contribution in [0.5, 0.6) is 0 Å². The minimum atomic E-state index is -3.47. The highest BCUT2D eigenvalue weighted by atomic mass is 32.2. The fraction of sp³-hybridized carbons (Fsp3) is 0.0667. The largest absolute Gasteiger partial charge is 0.220 e. The summed E-state index contributed by atoms with van der Waals surface area (Å²) >= 11 is 0. The quantitative estimate of drug-likeness (QED) is 0.489. The molecular weight excluding hydrogens is 272 g/mol. The van der Waals surface area contributed by atoms with Crippen molar-refractivity contribution in [3.63, 3.8) is 0 Å². The van der Waals surface area contributed by atoms with Crippen LogP contribution in [0.2, 0.25) is 0 Å². The van der Waals surface area contributed by atoms with Gasteiger partial charge in [0.2, 0.25) is 9.84 Å². The summed E-state index contributed by atoms with van der Waals surface area (Å²) in [5, 5.41) is 9.92. The second-order valence-corrected chi connectivity index (χ2v) is 5.83. The molecule has 0 fully saturated rings. The van der Waals surface area contributed by atoms with Gasteiger partial charge in [-0.25, -0.2) is 8.42 Å². The Kier molecular flexibility index (Phi) is 4.28. The highest BCUT2D eigenvalue weighted by Gasteiger charge is 2.07. The van der Waals surface area contributed by atoms with Gasteiger partial charge in [-0.15, -0.1) is 6.42 Å². The summed E-state index contributed by atoms with van der Waals surface area (Å²) < 4.78 is 22.6. The lowest BCUT2D eigenvalue weighted by atomic mass is 10.2. The number of benzene rings is 2. The second kappa shape index (κ2) is 6.13. The van der Waals surface area contributed by atoms with Gasteiger partial charge in [0.25, 0.3) is 0 Å². The normalized spacial score (nSPS) is 11.3. The topological polar surface area (TPSA) is 58.9 Å². The molecule has 2 aromatic rings. The Morgan fingerprint density at radius 3 is 2.00 bits per heavy atom. The van der Waals surface area contributed by atoms with Crippen molar-refractivity contribution in [2.24, 2.45) is 10.2 Å². The third kappa shape index (κ3) is 4.04. The molecule has 4 nitrogen and oxygen atoms in total. The molecule has 0 aliphatic heterocycles. The van der Waals surface area contributed by atoms with E-state index in [1.165, 1.54) is 0 Å². The number of rotatable bonds is 4. The van der Waals surface area contributed by atoms with Gasteiger partial charge < -0.3 is 0 Å².